The molecule has 0 spiro atoms. The van der Waals surface area contributed by atoms with Crippen LogP contribution in [0.5, 0.6) is 0 Å². The van der Waals surface area contributed by atoms with Gasteiger partial charge in [0, 0.05) is 55.9 Å². The first-order valence-electron chi connectivity index (χ1n) is 16.1. The van der Waals surface area contributed by atoms with Crippen molar-refractivity contribution in [1.82, 2.24) is 9.88 Å². The number of nitrogens with two attached hydrogens (primary N) is 1. The number of hydrogen-bond donors (Lipinski definition) is 2. The summed E-state index contributed by atoms with van der Waals surface area (Å²) in [6.07, 6.45) is 6.71. The second-order valence-corrected chi connectivity index (χ2v) is 10.8. The maximum absolute atomic E-state index is 15.3. The largest absolute Gasteiger partial charge is 0.368 e. The van der Waals surface area contributed by atoms with E-state index < -0.39 is 30.4 Å². The van der Waals surface area contributed by atoms with Gasteiger partial charge in [0.15, 0.2) is 5.43 Å². The molecule has 3 rings (SSSR count). The normalized spacial score (nSPS) is 11.8. The van der Waals surface area contributed by atoms with Crippen LogP contribution in [-0.4, -0.2) is 44.6 Å². The number of alkyl halides is 3. The topological polar surface area (TPSA) is 89.6 Å². The van der Waals surface area contributed by atoms with Crippen molar-refractivity contribution in [3.05, 3.63) is 112 Å². The molecule has 1 aromatic heterocycles. The highest BCUT2D eigenvalue weighted by Gasteiger charge is 2.21. The Morgan fingerprint density at radius 3 is 2.24 bits per heavy atom. The molecule has 0 aliphatic carbocycles. The van der Waals surface area contributed by atoms with Gasteiger partial charge in [-0.15, -0.1) is 6.58 Å². The van der Waals surface area contributed by atoms with Crippen LogP contribution in [0.25, 0.3) is 10.9 Å². The van der Waals surface area contributed by atoms with E-state index in [0.717, 1.165) is 24.5 Å². The number of amides is 1. The number of rotatable bonds is 15. The molecule has 11 heteroatoms. The van der Waals surface area contributed by atoms with Gasteiger partial charge in [0.1, 0.15) is 12.0 Å². The van der Waals surface area contributed by atoms with Gasteiger partial charge in [-0.3, -0.25) is 19.3 Å². The Morgan fingerprint density at radius 1 is 1.14 bits per heavy atom. The Balaban J connectivity index is 0.00000306. The van der Waals surface area contributed by atoms with Crippen molar-refractivity contribution in [2.45, 2.75) is 79.1 Å². The molecule has 3 N–H and O–H groups in total. The number of carbonyl (C=O) groups excluding carboxylic acids is 1. The van der Waals surface area contributed by atoms with Gasteiger partial charge in [0.25, 0.3) is 6.43 Å². The fourth-order valence-corrected chi connectivity index (χ4v) is 4.84. The average molecular weight is 691 g/mol. The molecule has 2 unspecified atom stereocenters. The Kier molecular flexibility index (Phi) is 21.9. The van der Waals surface area contributed by atoms with Gasteiger partial charge in [-0.1, -0.05) is 68.5 Å². The number of methoxy groups -OCH3 is 1. The van der Waals surface area contributed by atoms with Crippen LogP contribution in [0.2, 0.25) is 0 Å². The Hall–Kier alpha value is -4.22. The molecule has 0 aliphatic rings. The zero-order chi connectivity index (χ0) is 37.7. The molecule has 0 aliphatic heterocycles. The number of pyridine rings is 1. The quantitative estimate of drug-likeness (QED) is 0.0946. The molecule has 0 fully saturated rings. The fourth-order valence-electron chi connectivity index (χ4n) is 4.84. The highest BCUT2D eigenvalue weighted by molar-refractivity contribution is 5.86. The van der Waals surface area contributed by atoms with Crippen LogP contribution >= 0.6 is 0 Å². The minimum absolute atomic E-state index is 0.0947. The number of anilines is 1. The summed E-state index contributed by atoms with van der Waals surface area (Å²) in [7, 11) is 3.60. The first-order valence-corrected chi connectivity index (χ1v) is 16.1. The molecule has 1 amide bonds. The molecule has 7 nitrogen and oxygen atoms in total. The SMILES string of the molecule is C=C(CC/C=C\C)CC(NC(C)c1cn(Cc2ccc(C(F)F)cc2)c2cc(N(C)CC(N)=O)c(F)cc2c1=O)OC.C=CC.CC.CF. The number of carbonyl (C=O) groups is 1. The lowest BCUT2D eigenvalue weighted by atomic mass is 10.0. The number of primary amides is 1. The zero-order valence-electron chi connectivity index (χ0n) is 30.2. The van der Waals surface area contributed by atoms with Crippen molar-refractivity contribution in [1.29, 1.82) is 0 Å². The molecule has 49 heavy (non-hydrogen) atoms. The Morgan fingerprint density at radius 2 is 1.73 bits per heavy atom. The summed E-state index contributed by atoms with van der Waals surface area (Å²) in [6.45, 7) is 17.2. The third kappa shape index (κ3) is 14.4. The predicted octanol–water partition coefficient (Wildman–Crippen LogP) is 8.78. The van der Waals surface area contributed by atoms with E-state index in [1.807, 2.05) is 40.7 Å². The molecule has 0 radical (unpaired) electrons. The van der Waals surface area contributed by atoms with Crippen LogP contribution in [0, 0.1) is 5.82 Å². The number of nitrogens with one attached hydrogen (secondary N) is 1. The second kappa shape index (κ2) is 24.0. The first-order chi connectivity index (χ1) is 23.4. The van der Waals surface area contributed by atoms with E-state index in [1.165, 1.54) is 30.1 Å². The minimum Gasteiger partial charge on any atom is -0.368 e. The van der Waals surface area contributed by atoms with Gasteiger partial charge in [-0.25, -0.2) is 13.2 Å². The maximum Gasteiger partial charge on any atom is 0.263 e. The summed E-state index contributed by atoms with van der Waals surface area (Å²) in [5.74, 6) is -1.32. The van der Waals surface area contributed by atoms with Crippen molar-refractivity contribution in [3.63, 3.8) is 0 Å². The first kappa shape index (κ1) is 44.8. The number of nitrogens with zero attached hydrogens (tertiary/aromatic N) is 2. The third-order valence-corrected chi connectivity index (χ3v) is 7.13. The van der Waals surface area contributed by atoms with Gasteiger partial charge in [-0.05, 0) is 51.3 Å². The van der Waals surface area contributed by atoms with Crippen molar-refractivity contribution in [3.8, 4) is 0 Å². The molecule has 3 aromatic rings. The number of aromatic nitrogens is 1. The molecule has 0 bridgehead atoms. The molecule has 0 saturated heterocycles. The lowest BCUT2D eigenvalue weighted by Gasteiger charge is -2.25. The summed E-state index contributed by atoms with van der Waals surface area (Å²) in [6, 6.07) is 8.07. The number of fused-ring (bicyclic) bond motifs is 1. The summed E-state index contributed by atoms with van der Waals surface area (Å²) in [5, 5.41) is 3.48. The molecular weight excluding hydrogens is 636 g/mol. The van der Waals surface area contributed by atoms with Crippen molar-refractivity contribution >= 4 is 22.5 Å². The third-order valence-electron chi connectivity index (χ3n) is 7.13. The Bertz CT molecular complexity index is 1540. The zero-order valence-corrected chi connectivity index (χ0v) is 30.2. The van der Waals surface area contributed by atoms with Gasteiger partial charge in [0.2, 0.25) is 5.91 Å². The molecular formula is C38H54F4N4O3. The number of ether oxygens (including phenoxy) is 1. The van der Waals surface area contributed by atoms with Gasteiger partial charge in [0.05, 0.1) is 24.9 Å². The number of allylic oxidation sites excluding steroid dienone is 3. The number of likely N-dealkylation sites (N-methyl/N-ethyl adjacent to an activating group) is 1. The van der Waals surface area contributed by atoms with Crippen LogP contribution in [0.15, 0.2) is 84.3 Å². The van der Waals surface area contributed by atoms with Crippen LogP contribution in [-0.2, 0) is 16.1 Å². The molecule has 1 heterocycles. The second-order valence-electron chi connectivity index (χ2n) is 10.8. The molecule has 272 valence electrons. The Labute approximate surface area is 289 Å². The minimum atomic E-state index is -2.59. The maximum atomic E-state index is 15.3. The smallest absolute Gasteiger partial charge is 0.263 e. The highest BCUT2D eigenvalue weighted by Crippen LogP contribution is 2.27. The fraction of sp³-hybridized carbons (Fsp3) is 0.421. The standard InChI is InChI=1S/C32H39F3N4O3.C3H6.C2H6.CH3F/c1-6-7-8-9-20(2)14-30(42-5)37-21(3)25-18-39(17-22-10-12-23(13-11-22)32(34)35)27-16-28(38(4)19-29(36)40)26(33)15-24(27)31(25)41;1-3-2;2*1-2/h6-7,10-13,15-16,18,21,30,32,37H,2,8-9,14,17,19H2,1,3-5H3,(H2,36,40);3H,1H2,2H3;1-2H3;1H3/b7-6-;;;. The van der Waals surface area contributed by atoms with Crippen LogP contribution in [0.1, 0.15) is 83.0 Å². The van der Waals surface area contributed by atoms with Crippen LogP contribution in [0.4, 0.5) is 23.2 Å². The van der Waals surface area contributed by atoms with E-state index in [4.69, 9.17) is 10.5 Å². The van der Waals surface area contributed by atoms with Crippen LogP contribution in [0.3, 0.4) is 0 Å². The van der Waals surface area contributed by atoms with E-state index >= 15 is 4.39 Å². The van der Waals surface area contributed by atoms with E-state index in [-0.39, 0.29) is 35.2 Å². The monoisotopic (exact) mass is 690 g/mol. The van der Waals surface area contributed by atoms with E-state index in [0.29, 0.717) is 30.2 Å². The number of hydrogen-bond acceptors (Lipinski definition) is 5. The predicted molar refractivity (Wildman–Crippen MR) is 196 cm³/mol. The highest BCUT2D eigenvalue weighted by atomic mass is 19.3. The van der Waals surface area contributed by atoms with Crippen LogP contribution < -0.4 is 21.4 Å². The molecule has 2 aromatic carbocycles. The van der Waals surface area contributed by atoms with Crippen molar-refractivity contribution < 1.29 is 27.1 Å². The van der Waals surface area contributed by atoms with Gasteiger partial charge >= 0.3 is 0 Å². The average Bonchev–Trinajstić information content (AvgIpc) is 3.07. The number of benzene rings is 2. The molecule has 2 atom stereocenters. The van der Waals surface area contributed by atoms with Crippen molar-refractivity contribution in [2.75, 3.05) is 32.8 Å². The summed E-state index contributed by atoms with van der Waals surface area (Å²) in [5.41, 5.74) is 7.45. The van der Waals surface area contributed by atoms with E-state index in [9.17, 15) is 22.8 Å². The summed E-state index contributed by atoms with van der Waals surface area (Å²) >= 11 is 0. The lowest BCUT2D eigenvalue weighted by molar-refractivity contribution is -0.116. The van der Waals surface area contributed by atoms with Gasteiger partial charge in [-0.2, -0.15) is 0 Å². The van der Waals surface area contributed by atoms with E-state index in [1.54, 1.807) is 36.1 Å². The lowest BCUT2D eigenvalue weighted by Crippen LogP contribution is -2.36. The van der Waals surface area contributed by atoms with Crippen molar-refractivity contribution in [2.24, 2.45) is 5.73 Å². The number of halogens is 4. The van der Waals surface area contributed by atoms with E-state index in [2.05, 4.69) is 24.6 Å². The summed E-state index contributed by atoms with van der Waals surface area (Å²) in [4.78, 5) is 26.6. The summed E-state index contributed by atoms with van der Waals surface area (Å²) < 4.78 is 58.4. The molecule has 0 saturated carbocycles. The van der Waals surface area contributed by atoms with Gasteiger partial charge < -0.3 is 19.9 Å².